The van der Waals surface area contributed by atoms with Crippen LogP contribution < -0.4 is 4.74 Å². The van der Waals surface area contributed by atoms with E-state index in [1.807, 2.05) is 19.1 Å². The summed E-state index contributed by atoms with van der Waals surface area (Å²) in [4.78, 5) is 0. The summed E-state index contributed by atoms with van der Waals surface area (Å²) in [6.07, 6.45) is 1.35. The van der Waals surface area contributed by atoms with E-state index >= 15 is 0 Å². The summed E-state index contributed by atoms with van der Waals surface area (Å²) in [5.41, 5.74) is 1.68. The highest BCUT2D eigenvalue weighted by Crippen LogP contribution is 2.23. The summed E-state index contributed by atoms with van der Waals surface area (Å²) < 4.78 is 18.9. The zero-order valence-electron chi connectivity index (χ0n) is 12.4. The third-order valence-corrected chi connectivity index (χ3v) is 3.87. The molecule has 1 atom stereocenters. The molecule has 2 rings (SSSR count). The average Bonchev–Trinajstić information content (AvgIpc) is 2.51. The Morgan fingerprint density at radius 2 is 2.09 bits per heavy atom. The van der Waals surface area contributed by atoms with E-state index in [4.69, 9.17) is 16.3 Å². The van der Waals surface area contributed by atoms with Crippen LogP contribution in [0.1, 0.15) is 29.9 Å². The molecule has 0 aromatic heterocycles. The molecule has 0 spiro atoms. The molecule has 0 amide bonds. The number of halogens is 2. The van der Waals surface area contributed by atoms with Crippen molar-refractivity contribution in [2.75, 3.05) is 6.61 Å². The summed E-state index contributed by atoms with van der Waals surface area (Å²) in [6, 6.07) is 13.9. The first-order chi connectivity index (χ1) is 10.6. The second-order valence-corrected chi connectivity index (χ2v) is 5.55. The second kappa shape index (κ2) is 7.82. The number of hydrogen-bond acceptors (Lipinski definition) is 2. The van der Waals surface area contributed by atoms with Gasteiger partial charge in [-0.1, -0.05) is 23.7 Å². The number of aryl methyl sites for hydroxylation is 1. The highest BCUT2D eigenvalue weighted by Gasteiger charge is 2.11. The fourth-order valence-corrected chi connectivity index (χ4v) is 2.33. The molecular weight excluding hydrogens is 301 g/mol. The van der Waals surface area contributed by atoms with Crippen LogP contribution in [0.5, 0.6) is 5.75 Å². The Bertz CT molecular complexity index is 681. The van der Waals surface area contributed by atoms with E-state index in [0.29, 0.717) is 23.6 Å². The van der Waals surface area contributed by atoms with Gasteiger partial charge in [-0.3, -0.25) is 0 Å². The lowest BCUT2D eigenvalue weighted by Gasteiger charge is -2.11. The molecule has 0 heterocycles. The van der Waals surface area contributed by atoms with Gasteiger partial charge in [0.2, 0.25) is 0 Å². The van der Waals surface area contributed by atoms with Crippen molar-refractivity contribution in [1.82, 2.24) is 0 Å². The Labute approximate surface area is 135 Å². The summed E-state index contributed by atoms with van der Waals surface area (Å²) in [5, 5.41) is 9.94. The molecule has 2 aromatic carbocycles. The first-order valence-corrected chi connectivity index (χ1v) is 7.52. The lowest BCUT2D eigenvalue weighted by Crippen LogP contribution is -2.02. The molecule has 22 heavy (non-hydrogen) atoms. The molecule has 1 unspecified atom stereocenters. The van der Waals surface area contributed by atoms with E-state index in [1.54, 1.807) is 18.2 Å². The fraction of sp³-hybridized carbons (Fsp3) is 0.278. The van der Waals surface area contributed by atoms with Crippen LogP contribution in [0.4, 0.5) is 4.39 Å². The maximum Gasteiger partial charge on any atom is 0.123 e. The average molecular weight is 318 g/mol. The van der Waals surface area contributed by atoms with Crippen molar-refractivity contribution >= 4 is 11.6 Å². The molecule has 0 radical (unpaired) electrons. The number of ether oxygens (including phenoxy) is 1. The molecule has 0 bridgehead atoms. The number of hydrogen-bond donors (Lipinski definition) is 0. The van der Waals surface area contributed by atoms with Crippen molar-refractivity contribution in [2.45, 2.75) is 25.7 Å². The molecule has 0 aliphatic heterocycles. The highest BCUT2D eigenvalue weighted by molar-refractivity contribution is 6.31. The van der Waals surface area contributed by atoms with Crippen molar-refractivity contribution in [1.29, 1.82) is 5.26 Å². The Balaban J connectivity index is 1.84. The summed E-state index contributed by atoms with van der Waals surface area (Å²) in [7, 11) is 0. The van der Waals surface area contributed by atoms with Gasteiger partial charge in [0, 0.05) is 5.02 Å². The molecule has 0 saturated carbocycles. The maximum absolute atomic E-state index is 13.2. The molecule has 2 aromatic rings. The standard InChI is InChI=1S/C18H17ClFNO/c1-13-10-17(7-8-18(13)19)22-9-3-5-15(12-21)14-4-2-6-16(20)11-14/h2,4,6-8,10-11,15H,3,5,9H2,1H3. The minimum atomic E-state index is -0.314. The molecule has 0 aliphatic carbocycles. The molecular formula is C18H17ClFNO. The first kappa shape index (κ1) is 16.3. The Hall–Kier alpha value is -2.05. The van der Waals surface area contributed by atoms with Crippen LogP contribution in [0.3, 0.4) is 0 Å². The van der Waals surface area contributed by atoms with Crippen LogP contribution >= 0.6 is 11.6 Å². The molecule has 0 fully saturated rings. The predicted molar refractivity (Wildman–Crippen MR) is 85.7 cm³/mol. The van der Waals surface area contributed by atoms with Gasteiger partial charge in [-0.25, -0.2) is 4.39 Å². The highest BCUT2D eigenvalue weighted by atomic mass is 35.5. The van der Waals surface area contributed by atoms with Crippen LogP contribution in [0.25, 0.3) is 0 Å². The van der Waals surface area contributed by atoms with Crippen LogP contribution in [0, 0.1) is 24.1 Å². The largest absolute Gasteiger partial charge is 0.494 e. The molecule has 2 nitrogen and oxygen atoms in total. The van der Waals surface area contributed by atoms with Crippen LogP contribution in [0.15, 0.2) is 42.5 Å². The van der Waals surface area contributed by atoms with E-state index < -0.39 is 0 Å². The van der Waals surface area contributed by atoms with Gasteiger partial charge >= 0.3 is 0 Å². The Morgan fingerprint density at radius 3 is 2.77 bits per heavy atom. The van der Waals surface area contributed by atoms with Crippen LogP contribution in [-0.4, -0.2) is 6.61 Å². The smallest absolute Gasteiger partial charge is 0.123 e. The van der Waals surface area contributed by atoms with Gasteiger partial charge in [0.1, 0.15) is 11.6 Å². The molecule has 114 valence electrons. The zero-order valence-corrected chi connectivity index (χ0v) is 13.1. The zero-order chi connectivity index (χ0) is 15.9. The lowest BCUT2D eigenvalue weighted by molar-refractivity contribution is 0.304. The van der Waals surface area contributed by atoms with Crippen molar-refractivity contribution in [3.05, 3.63) is 64.4 Å². The minimum absolute atomic E-state index is 0.314. The number of nitrogens with zero attached hydrogens (tertiary/aromatic N) is 1. The number of rotatable bonds is 6. The van der Waals surface area contributed by atoms with E-state index in [9.17, 15) is 9.65 Å². The van der Waals surface area contributed by atoms with Crippen molar-refractivity contribution in [3.8, 4) is 11.8 Å². The minimum Gasteiger partial charge on any atom is -0.494 e. The van der Waals surface area contributed by atoms with Gasteiger partial charge in [0.15, 0.2) is 0 Å². The van der Waals surface area contributed by atoms with E-state index in [2.05, 4.69) is 6.07 Å². The maximum atomic E-state index is 13.2. The molecule has 0 aliphatic rings. The predicted octanol–water partition coefficient (Wildman–Crippen LogP) is 5.25. The van der Waals surface area contributed by atoms with Crippen LogP contribution in [0.2, 0.25) is 5.02 Å². The molecule has 0 N–H and O–H groups in total. The third kappa shape index (κ3) is 4.47. The monoisotopic (exact) mass is 317 g/mol. The Kier molecular flexibility index (Phi) is 5.80. The van der Waals surface area contributed by atoms with Crippen LogP contribution in [-0.2, 0) is 0 Å². The quantitative estimate of drug-likeness (QED) is 0.681. The van der Waals surface area contributed by atoms with Gasteiger partial charge in [-0.15, -0.1) is 0 Å². The third-order valence-electron chi connectivity index (χ3n) is 3.44. The first-order valence-electron chi connectivity index (χ1n) is 7.14. The van der Waals surface area contributed by atoms with E-state index in [-0.39, 0.29) is 11.7 Å². The van der Waals surface area contributed by atoms with Gasteiger partial charge in [0.05, 0.1) is 18.6 Å². The van der Waals surface area contributed by atoms with E-state index in [0.717, 1.165) is 17.7 Å². The topological polar surface area (TPSA) is 33.0 Å². The lowest BCUT2D eigenvalue weighted by atomic mass is 9.96. The van der Waals surface area contributed by atoms with Crippen molar-refractivity contribution in [2.24, 2.45) is 0 Å². The number of benzene rings is 2. The second-order valence-electron chi connectivity index (χ2n) is 5.14. The van der Waals surface area contributed by atoms with Gasteiger partial charge < -0.3 is 4.74 Å². The SMILES string of the molecule is Cc1cc(OCCCC(C#N)c2cccc(F)c2)ccc1Cl. The van der Waals surface area contributed by atoms with Gasteiger partial charge in [-0.05, 0) is 61.2 Å². The Morgan fingerprint density at radius 1 is 1.27 bits per heavy atom. The number of nitriles is 1. The summed E-state index contributed by atoms with van der Waals surface area (Å²) in [5.74, 6) is 0.137. The van der Waals surface area contributed by atoms with E-state index in [1.165, 1.54) is 12.1 Å². The normalized spacial score (nSPS) is 11.7. The van der Waals surface area contributed by atoms with Crippen molar-refractivity contribution in [3.63, 3.8) is 0 Å². The van der Waals surface area contributed by atoms with Crippen molar-refractivity contribution < 1.29 is 9.13 Å². The van der Waals surface area contributed by atoms with Gasteiger partial charge in [-0.2, -0.15) is 5.26 Å². The molecule has 4 heteroatoms. The summed E-state index contributed by atoms with van der Waals surface area (Å²) in [6.45, 7) is 2.43. The molecule has 0 saturated heterocycles. The van der Waals surface area contributed by atoms with Gasteiger partial charge in [0.25, 0.3) is 0 Å². The fourth-order valence-electron chi connectivity index (χ4n) is 2.21. The summed E-state index contributed by atoms with van der Waals surface area (Å²) >= 11 is 5.96.